The van der Waals surface area contributed by atoms with Crippen LogP contribution in [0, 0.1) is 0 Å². The second kappa shape index (κ2) is 10.1. The Morgan fingerprint density at radius 2 is 0.766 bits per heavy atom. The quantitative estimate of drug-likeness (QED) is 0.190. The fourth-order valence-electron chi connectivity index (χ4n) is 6.92. The minimum Gasteiger partial charge on any atom is -0.456 e. The summed E-state index contributed by atoms with van der Waals surface area (Å²) >= 11 is 0. The van der Waals surface area contributed by atoms with E-state index >= 15 is 0 Å². The van der Waals surface area contributed by atoms with Crippen LogP contribution in [0.15, 0.2) is 156 Å². The summed E-state index contributed by atoms with van der Waals surface area (Å²) in [6, 6.07) is 53.0. The zero-order valence-corrected chi connectivity index (χ0v) is 25.2. The lowest BCUT2D eigenvalue weighted by molar-refractivity contribution is 0.669. The third kappa shape index (κ3) is 4.19. The van der Waals surface area contributed by atoms with Crippen molar-refractivity contribution in [3.05, 3.63) is 152 Å². The Morgan fingerprint density at radius 1 is 0.298 bits per heavy atom. The molecule has 8 aromatic carbocycles. The SMILES string of the molecule is c1ccc2cc(-c3nc(-c4ccc5c(ccc6c7ccccc7ccc56)c4)nc(-c4ccc5c(c4)oc4ccccc45)n3)ccc2c1. The van der Waals surface area contributed by atoms with Crippen molar-refractivity contribution in [2.75, 3.05) is 0 Å². The molecule has 0 spiro atoms. The standard InChI is InChI=1S/C43H25N3O/c1-2-9-28-23-30(14-13-26(28)7-1)41-44-42(46-43(45-41)32-18-22-38-37-11-5-6-12-39(37)47-40(38)25-32)31-17-19-34-29(24-31)16-21-35-33-10-4-3-8-27(33)15-20-36(34)35/h1-25H. The number of para-hydroxylation sites is 1. The van der Waals surface area contributed by atoms with Gasteiger partial charge in [0, 0.05) is 27.5 Å². The van der Waals surface area contributed by atoms with E-state index in [0.29, 0.717) is 17.5 Å². The molecule has 4 heteroatoms. The van der Waals surface area contributed by atoms with E-state index in [9.17, 15) is 0 Å². The molecule has 0 amide bonds. The van der Waals surface area contributed by atoms with Crippen LogP contribution in [0.5, 0.6) is 0 Å². The molecular formula is C43H25N3O. The van der Waals surface area contributed by atoms with Crippen LogP contribution in [0.3, 0.4) is 0 Å². The number of nitrogens with zero attached hydrogens (tertiary/aromatic N) is 3. The van der Waals surface area contributed by atoms with Crippen LogP contribution >= 0.6 is 0 Å². The molecule has 0 saturated carbocycles. The molecule has 0 N–H and O–H groups in total. The Balaban J connectivity index is 1.17. The zero-order chi connectivity index (χ0) is 30.9. The Bertz CT molecular complexity index is 2870. The van der Waals surface area contributed by atoms with Gasteiger partial charge in [-0.05, 0) is 73.4 Å². The summed E-state index contributed by atoms with van der Waals surface area (Å²) in [7, 11) is 0. The second-order valence-electron chi connectivity index (χ2n) is 12.1. The van der Waals surface area contributed by atoms with Crippen LogP contribution in [-0.4, -0.2) is 15.0 Å². The molecule has 0 saturated heterocycles. The van der Waals surface area contributed by atoms with Crippen molar-refractivity contribution in [1.82, 2.24) is 15.0 Å². The molecule has 4 nitrogen and oxygen atoms in total. The molecular weight excluding hydrogens is 574 g/mol. The van der Waals surface area contributed by atoms with Gasteiger partial charge in [-0.1, -0.05) is 121 Å². The summed E-state index contributed by atoms with van der Waals surface area (Å²) in [4.78, 5) is 15.2. The Kier molecular flexibility index (Phi) is 5.54. The van der Waals surface area contributed by atoms with Crippen LogP contribution in [0.2, 0.25) is 0 Å². The van der Waals surface area contributed by atoms with Gasteiger partial charge in [-0.2, -0.15) is 0 Å². The molecule has 0 atom stereocenters. The summed E-state index contributed by atoms with van der Waals surface area (Å²) in [6.45, 7) is 0. The maximum atomic E-state index is 6.23. The lowest BCUT2D eigenvalue weighted by Gasteiger charge is -2.11. The number of hydrogen-bond acceptors (Lipinski definition) is 4. The predicted octanol–water partition coefficient (Wildman–Crippen LogP) is 11.4. The lowest BCUT2D eigenvalue weighted by Crippen LogP contribution is -2.00. The van der Waals surface area contributed by atoms with Crippen molar-refractivity contribution in [2.24, 2.45) is 0 Å². The van der Waals surface area contributed by atoms with Crippen LogP contribution in [0.4, 0.5) is 0 Å². The van der Waals surface area contributed by atoms with Gasteiger partial charge in [0.1, 0.15) is 11.2 Å². The zero-order valence-electron chi connectivity index (χ0n) is 25.2. The average molecular weight is 600 g/mol. The Labute approximate surface area is 269 Å². The van der Waals surface area contributed by atoms with Crippen molar-refractivity contribution < 1.29 is 4.42 Å². The van der Waals surface area contributed by atoms with Gasteiger partial charge >= 0.3 is 0 Å². The lowest BCUT2D eigenvalue weighted by atomic mass is 9.96. The van der Waals surface area contributed by atoms with Crippen molar-refractivity contribution in [3.8, 4) is 34.2 Å². The van der Waals surface area contributed by atoms with E-state index in [0.717, 1.165) is 49.4 Å². The third-order valence-corrected chi connectivity index (χ3v) is 9.28. The number of hydrogen-bond donors (Lipinski definition) is 0. The van der Waals surface area contributed by atoms with Crippen LogP contribution in [-0.2, 0) is 0 Å². The van der Waals surface area contributed by atoms with Crippen LogP contribution in [0.25, 0.3) is 99.2 Å². The van der Waals surface area contributed by atoms with Gasteiger partial charge in [0.25, 0.3) is 0 Å². The number of fused-ring (bicyclic) bond motifs is 9. The summed E-state index contributed by atoms with van der Waals surface area (Å²) < 4.78 is 6.23. The minimum atomic E-state index is 0.602. The van der Waals surface area contributed by atoms with Crippen molar-refractivity contribution in [3.63, 3.8) is 0 Å². The molecule has 0 bridgehead atoms. The molecule has 0 fully saturated rings. The summed E-state index contributed by atoms with van der Waals surface area (Å²) in [6.07, 6.45) is 0. The first kappa shape index (κ1) is 25.9. The van der Waals surface area contributed by atoms with E-state index in [-0.39, 0.29) is 0 Å². The molecule has 10 rings (SSSR count). The topological polar surface area (TPSA) is 51.8 Å². The van der Waals surface area contributed by atoms with E-state index in [2.05, 4.69) is 127 Å². The van der Waals surface area contributed by atoms with Gasteiger partial charge in [-0.25, -0.2) is 15.0 Å². The third-order valence-electron chi connectivity index (χ3n) is 9.28. The summed E-state index contributed by atoms with van der Waals surface area (Å²) in [5, 5.41) is 11.8. The van der Waals surface area contributed by atoms with Crippen molar-refractivity contribution >= 4 is 65.0 Å². The molecule has 47 heavy (non-hydrogen) atoms. The van der Waals surface area contributed by atoms with E-state index in [4.69, 9.17) is 19.4 Å². The largest absolute Gasteiger partial charge is 0.456 e. The number of benzene rings is 8. The molecule has 0 unspecified atom stereocenters. The number of furan rings is 1. The highest BCUT2D eigenvalue weighted by molar-refractivity contribution is 6.17. The Hall–Kier alpha value is -6.39. The monoisotopic (exact) mass is 599 g/mol. The smallest absolute Gasteiger partial charge is 0.164 e. The van der Waals surface area contributed by atoms with Crippen molar-refractivity contribution in [2.45, 2.75) is 0 Å². The highest BCUT2D eigenvalue weighted by Crippen LogP contribution is 2.35. The van der Waals surface area contributed by atoms with Gasteiger partial charge in [-0.3, -0.25) is 0 Å². The van der Waals surface area contributed by atoms with Gasteiger partial charge in [0.05, 0.1) is 0 Å². The molecule has 0 aliphatic carbocycles. The highest BCUT2D eigenvalue weighted by atomic mass is 16.3. The van der Waals surface area contributed by atoms with Gasteiger partial charge in [-0.15, -0.1) is 0 Å². The fourth-order valence-corrected chi connectivity index (χ4v) is 6.92. The molecule has 10 aromatic rings. The normalized spacial score (nSPS) is 11.8. The van der Waals surface area contributed by atoms with Crippen molar-refractivity contribution in [1.29, 1.82) is 0 Å². The minimum absolute atomic E-state index is 0.602. The number of rotatable bonds is 3. The number of aromatic nitrogens is 3. The first-order valence-corrected chi connectivity index (χ1v) is 15.8. The molecule has 0 aliphatic heterocycles. The summed E-state index contributed by atoms with van der Waals surface area (Å²) in [5.41, 5.74) is 4.43. The molecule has 0 radical (unpaired) electrons. The molecule has 2 heterocycles. The van der Waals surface area contributed by atoms with Crippen LogP contribution in [0.1, 0.15) is 0 Å². The molecule has 2 aromatic heterocycles. The summed E-state index contributed by atoms with van der Waals surface area (Å²) in [5.74, 6) is 1.86. The maximum Gasteiger partial charge on any atom is 0.164 e. The van der Waals surface area contributed by atoms with E-state index in [1.54, 1.807) is 0 Å². The van der Waals surface area contributed by atoms with Gasteiger partial charge in [0.2, 0.25) is 0 Å². The Morgan fingerprint density at radius 3 is 1.53 bits per heavy atom. The van der Waals surface area contributed by atoms with Gasteiger partial charge in [0.15, 0.2) is 17.5 Å². The van der Waals surface area contributed by atoms with Crippen LogP contribution < -0.4 is 0 Å². The predicted molar refractivity (Wildman–Crippen MR) is 193 cm³/mol. The van der Waals surface area contributed by atoms with E-state index < -0.39 is 0 Å². The van der Waals surface area contributed by atoms with Gasteiger partial charge < -0.3 is 4.42 Å². The first-order chi connectivity index (χ1) is 23.2. The average Bonchev–Trinajstić information content (AvgIpc) is 3.52. The second-order valence-corrected chi connectivity index (χ2v) is 12.1. The maximum absolute atomic E-state index is 6.23. The highest BCUT2D eigenvalue weighted by Gasteiger charge is 2.16. The first-order valence-electron chi connectivity index (χ1n) is 15.8. The molecule has 218 valence electrons. The van der Waals surface area contributed by atoms with E-state index in [1.165, 1.54) is 32.3 Å². The van der Waals surface area contributed by atoms with E-state index in [1.807, 2.05) is 24.3 Å². The molecule has 0 aliphatic rings. The fraction of sp³-hybridized carbons (Fsp3) is 0.